The minimum atomic E-state index is -0.653. The summed E-state index contributed by atoms with van der Waals surface area (Å²) in [6, 6.07) is 23.8. The number of hydrogen-bond donors (Lipinski definition) is 2. The highest BCUT2D eigenvalue weighted by Gasteiger charge is 2.14. The zero-order chi connectivity index (χ0) is 17.6. The number of nitrogens with one attached hydrogen (secondary N) is 1. The lowest BCUT2D eigenvalue weighted by Gasteiger charge is -2.18. The Morgan fingerprint density at radius 1 is 0.960 bits per heavy atom. The van der Waals surface area contributed by atoms with Crippen molar-refractivity contribution in [1.82, 2.24) is 0 Å². The maximum absolute atomic E-state index is 10.8. The van der Waals surface area contributed by atoms with Crippen LogP contribution in [0.3, 0.4) is 0 Å². The van der Waals surface area contributed by atoms with E-state index in [1.807, 2.05) is 66.7 Å². The molecule has 0 bridgehead atoms. The van der Waals surface area contributed by atoms with Crippen molar-refractivity contribution in [3.63, 3.8) is 0 Å². The number of ether oxygens (including phenoxy) is 1. The van der Waals surface area contributed by atoms with Crippen molar-refractivity contribution in [2.75, 3.05) is 12.4 Å². The van der Waals surface area contributed by atoms with Crippen LogP contribution in [-0.4, -0.2) is 12.2 Å². The molecule has 2 N–H and O–H groups in total. The van der Waals surface area contributed by atoms with Crippen LogP contribution in [0.25, 0.3) is 0 Å². The van der Waals surface area contributed by atoms with Gasteiger partial charge in [0, 0.05) is 17.8 Å². The summed E-state index contributed by atoms with van der Waals surface area (Å²) in [4.78, 5) is 0. The van der Waals surface area contributed by atoms with Crippen LogP contribution in [0.15, 0.2) is 72.8 Å². The first kappa shape index (κ1) is 17.1. The summed E-state index contributed by atoms with van der Waals surface area (Å²) in [5, 5.41) is 14.2. The normalized spacial score (nSPS) is 11.8. The van der Waals surface area contributed by atoms with Gasteiger partial charge in [0.2, 0.25) is 0 Å². The molecular formula is C22H23NO2. The maximum Gasteiger partial charge on any atom is 0.118 e. The Morgan fingerprint density at radius 3 is 2.36 bits per heavy atom. The summed E-state index contributed by atoms with van der Waals surface area (Å²) < 4.78 is 5.19. The Kier molecular flexibility index (Phi) is 5.36. The molecular weight excluding hydrogens is 310 g/mol. The van der Waals surface area contributed by atoms with Crippen molar-refractivity contribution >= 4 is 5.69 Å². The lowest BCUT2D eigenvalue weighted by atomic mass is 9.98. The van der Waals surface area contributed by atoms with E-state index < -0.39 is 6.10 Å². The average Bonchev–Trinajstić information content (AvgIpc) is 2.67. The SMILES string of the molecule is COc1ccc(CNc2cc(C)ccc2C(O)c2ccccc2)cc1. The van der Waals surface area contributed by atoms with E-state index in [0.29, 0.717) is 6.54 Å². The highest BCUT2D eigenvalue weighted by molar-refractivity contribution is 5.56. The van der Waals surface area contributed by atoms with Gasteiger partial charge in [0.05, 0.1) is 7.11 Å². The van der Waals surface area contributed by atoms with Crippen LogP contribution in [0.1, 0.15) is 28.4 Å². The first-order chi connectivity index (χ1) is 12.2. The Balaban J connectivity index is 1.81. The quantitative estimate of drug-likeness (QED) is 0.687. The van der Waals surface area contributed by atoms with Gasteiger partial charge in [-0.2, -0.15) is 0 Å². The molecule has 0 aliphatic carbocycles. The summed E-state index contributed by atoms with van der Waals surface area (Å²) in [6.07, 6.45) is -0.653. The molecule has 3 aromatic rings. The van der Waals surface area contributed by atoms with E-state index in [1.54, 1.807) is 7.11 Å². The number of anilines is 1. The van der Waals surface area contributed by atoms with Crippen molar-refractivity contribution in [3.05, 3.63) is 95.1 Å². The van der Waals surface area contributed by atoms with E-state index in [2.05, 4.69) is 18.3 Å². The third-order valence-electron chi connectivity index (χ3n) is 4.26. The fraction of sp³-hybridized carbons (Fsp3) is 0.182. The molecule has 3 aromatic carbocycles. The molecule has 0 amide bonds. The molecule has 3 heteroatoms. The summed E-state index contributed by atoms with van der Waals surface area (Å²) in [6.45, 7) is 2.74. The van der Waals surface area contributed by atoms with E-state index in [1.165, 1.54) is 0 Å². The Hall–Kier alpha value is -2.78. The van der Waals surface area contributed by atoms with Gasteiger partial charge in [0.1, 0.15) is 11.9 Å². The summed E-state index contributed by atoms with van der Waals surface area (Å²) in [5.41, 5.74) is 5.03. The molecule has 0 spiro atoms. The standard InChI is InChI=1S/C22H23NO2/c1-16-8-13-20(22(24)18-6-4-3-5-7-18)21(14-16)23-15-17-9-11-19(25-2)12-10-17/h3-14,22-24H,15H2,1-2H3. The van der Waals surface area contributed by atoms with E-state index in [9.17, 15) is 5.11 Å². The Bertz CT molecular complexity index is 813. The van der Waals surface area contributed by atoms with Crippen molar-refractivity contribution in [2.45, 2.75) is 19.6 Å². The third kappa shape index (κ3) is 4.20. The lowest BCUT2D eigenvalue weighted by molar-refractivity contribution is 0.221. The Labute approximate surface area is 148 Å². The van der Waals surface area contributed by atoms with E-state index in [4.69, 9.17) is 4.74 Å². The number of benzene rings is 3. The number of hydrogen-bond acceptors (Lipinski definition) is 3. The average molecular weight is 333 g/mol. The zero-order valence-corrected chi connectivity index (χ0v) is 14.6. The summed E-state index contributed by atoms with van der Waals surface area (Å²) >= 11 is 0. The van der Waals surface area contributed by atoms with Crippen molar-refractivity contribution in [1.29, 1.82) is 0 Å². The van der Waals surface area contributed by atoms with Crippen LogP contribution in [-0.2, 0) is 6.54 Å². The number of methoxy groups -OCH3 is 1. The van der Waals surface area contributed by atoms with E-state index >= 15 is 0 Å². The summed E-state index contributed by atoms with van der Waals surface area (Å²) in [7, 11) is 1.66. The van der Waals surface area contributed by atoms with Gasteiger partial charge in [-0.3, -0.25) is 0 Å². The molecule has 25 heavy (non-hydrogen) atoms. The second-order valence-electron chi connectivity index (χ2n) is 6.11. The predicted octanol–water partition coefficient (Wildman–Crippen LogP) is 4.70. The van der Waals surface area contributed by atoms with Crippen LogP contribution in [0.2, 0.25) is 0 Å². The predicted molar refractivity (Wildman–Crippen MR) is 102 cm³/mol. The van der Waals surface area contributed by atoms with E-state index in [-0.39, 0.29) is 0 Å². The van der Waals surface area contributed by atoms with Gasteiger partial charge in [0.25, 0.3) is 0 Å². The molecule has 0 aliphatic rings. The van der Waals surface area contributed by atoms with Gasteiger partial charge >= 0.3 is 0 Å². The largest absolute Gasteiger partial charge is 0.497 e. The first-order valence-electron chi connectivity index (χ1n) is 8.38. The molecule has 0 aromatic heterocycles. The van der Waals surface area contributed by atoms with Crippen LogP contribution in [0, 0.1) is 6.92 Å². The highest BCUT2D eigenvalue weighted by Crippen LogP contribution is 2.29. The fourth-order valence-electron chi connectivity index (χ4n) is 2.82. The van der Waals surface area contributed by atoms with Gasteiger partial charge in [-0.05, 0) is 41.8 Å². The molecule has 3 rings (SSSR count). The monoisotopic (exact) mass is 333 g/mol. The van der Waals surface area contributed by atoms with Gasteiger partial charge in [0.15, 0.2) is 0 Å². The minimum absolute atomic E-state index is 0.653. The van der Waals surface area contributed by atoms with Gasteiger partial charge < -0.3 is 15.2 Å². The van der Waals surface area contributed by atoms with Crippen molar-refractivity contribution in [3.8, 4) is 5.75 Å². The smallest absolute Gasteiger partial charge is 0.118 e. The Morgan fingerprint density at radius 2 is 1.68 bits per heavy atom. The third-order valence-corrected chi connectivity index (χ3v) is 4.26. The molecule has 0 fully saturated rings. The lowest BCUT2D eigenvalue weighted by Crippen LogP contribution is -2.07. The molecule has 0 aliphatic heterocycles. The first-order valence-corrected chi connectivity index (χ1v) is 8.38. The zero-order valence-electron chi connectivity index (χ0n) is 14.6. The number of aliphatic hydroxyl groups excluding tert-OH is 1. The maximum atomic E-state index is 10.8. The van der Waals surface area contributed by atoms with Crippen molar-refractivity contribution < 1.29 is 9.84 Å². The number of aryl methyl sites for hydroxylation is 1. The minimum Gasteiger partial charge on any atom is -0.497 e. The molecule has 0 saturated heterocycles. The number of aliphatic hydroxyl groups is 1. The van der Waals surface area contributed by atoms with Gasteiger partial charge in [-0.1, -0.05) is 54.6 Å². The molecule has 0 heterocycles. The second-order valence-corrected chi connectivity index (χ2v) is 6.11. The van der Waals surface area contributed by atoms with Crippen molar-refractivity contribution in [2.24, 2.45) is 0 Å². The van der Waals surface area contributed by atoms with Gasteiger partial charge in [-0.25, -0.2) is 0 Å². The van der Waals surface area contributed by atoms with Crippen LogP contribution in [0.4, 0.5) is 5.69 Å². The van der Waals surface area contributed by atoms with Crippen LogP contribution < -0.4 is 10.1 Å². The molecule has 0 saturated carbocycles. The second kappa shape index (κ2) is 7.86. The van der Waals surface area contributed by atoms with Gasteiger partial charge in [-0.15, -0.1) is 0 Å². The number of rotatable bonds is 6. The molecule has 1 atom stereocenters. The van der Waals surface area contributed by atoms with Crippen LogP contribution in [0.5, 0.6) is 5.75 Å². The fourth-order valence-corrected chi connectivity index (χ4v) is 2.82. The van der Waals surface area contributed by atoms with E-state index in [0.717, 1.165) is 33.7 Å². The molecule has 1 unspecified atom stereocenters. The molecule has 0 radical (unpaired) electrons. The summed E-state index contributed by atoms with van der Waals surface area (Å²) in [5.74, 6) is 0.847. The topological polar surface area (TPSA) is 41.5 Å². The molecule has 128 valence electrons. The highest BCUT2D eigenvalue weighted by atomic mass is 16.5. The van der Waals surface area contributed by atoms with Crippen LogP contribution >= 0.6 is 0 Å². The molecule has 3 nitrogen and oxygen atoms in total.